The van der Waals surface area contributed by atoms with Crippen LogP contribution in [0.4, 0.5) is 0 Å². The topological polar surface area (TPSA) is 54.5 Å². The third-order valence-corrected chi connectivity index (χ3v) is 4.88. The molecule has 0 rings (SSSR count). The standard InChI is InChI=1S/C14H25NO3S/c1-5-12-19(17,18)13(3)9-11-15(4)10-7-8-14(16)6-2/h5,7-8,12-13H,6,9-11H2,1-4H3/b8-7+,12-5+. The summed E-state index contributed by atoms with van der Waals surface area (Å²) < 4.78 is 23.4. The lowest BCUT2D eigenvalue weighted by Crippen LogP contribution is -2.25. The molecule has 0 fully saturated rings. The van der Waals surface area contributed by atoms with Crippen molar-refractivity contribution in [2.24, 2.45) is 0 Å². The van der Waals surface area contributed by atoms with Gasteiger partial charge in [-0.1, -0.05) is 19.1 Å². The SMILES string of the molecule is C/C=C/S(=O)(=O)C(C)CCN(C)C/C=C/C(=O)CC. The Morgan fingerprint density at radius 1 is 1.37 bits per heavy atom. The van der Waals surface area contributed by atoms with Crippen LogP contribution in [0.5, 0.6) is 0 Å². The number of nitrogens with zero attached hydrogens (tertiary/aromatic N) is 1. The molecular formula is C14H25NO3S. The predicted octanol–water partition coefficient (Wildman–Crippen LogP) is 2.18. The molecule has 0 aliphatic rings. The van der Waals surface area contributed by atoms with Gasteiger partial charge in [0.1, 0.15) is 0 Å². The smallest absolute Gasteiger partial charge is 0.173 e. The van der Waals surface area contributed by atoms with E-state index in [0.29, 0.717) is 25.9 Å². The molecule has 0 saturated heterocycles. The molecule has 0 spiro atoms. The minimum absolute atomic E-state index is 0.109. The van der Waals surface area contributed by atoms with Crippen LogP contribution in [0.1, 0.15) is 33.6 Å². The Balaban J connectivity index is 4.13. The van der Waals surface area contributed by atoms with Gasteiger partial charge in [0.25, 0.3) is 0 Å². The number of sulfone groups is 1. The van der Waals surface area contributed by atoms with Crippen LogP contribution >= 0.6 is 0 Å². The van der Waals surface area contributed by atoms with Crippen LogP contribution in [0.15, 0.2) is 23.6 Å². The van der Waals surface area contributed by atoms with E-state index in [4.69, 9.17) is 0 Å². The molecule has 0 aromatic heterocycles. The van der Waals surface area contributed by atoms with Crippen molar-refractivity contribution in [1.29, 1.82) is 0 Å². The minimum Gasteiger partial charge on any atom is -0.303 e. The molecule has 1 unspecified atom stereocenters. The Morgan fingerprint density at radius 2 is 2.00 bits per heavy atom. The summed E-state index contributed by atoms with van der Waals surface area (Å²) in [5.74, 6) is 0.109. The molecule has 0 saturated carbocycles. The summed E-state index contributed by atoms with van der Waals surface area (Å²) in [4.78, 5) is 13.1. The highest BCUT2D eigenvalue weighted by atomic mass is 32.2. The quantitative estimate of drug-likeness (QED) is 0.610. The zero-order chi connectivity index (χ0) is 14.9. The van der Waals surface area contributed by atoms with E-state index in [-0.39, 0.29) is 11.0 Å². The molecule has 19 heavy (non-hydrogen) atoms. The molecule has 0 heterocycles. The number of rotatable bonds is 9. The van der Waals surface area contributed by atoms with Crippen molar-refractivity contribution in [3.05, 3.63) is 23.6 Å². The van der Waals surface area contributed by atoms with Crippen LogP contribution in [0.2, 0.25) is 0 Å². The number of carbonyl (C=O) groups is 1. The van der Waals surface area contributed by atoms with Crippen LogP contribution in [0, 0.1) is 0 Å². The third kappa shape index (κ3) is 7.95. The van der Waals surface area contributed by atoms with Crippen molar-refractivity contribution in [2.45, 2.75) is 38.9 Å². The van der Waals surface area contributed by atoms with Crippen LogP contribution in [0.25, 0.3) is 0 Å². The first-order chi connectivity index (χ1) is 8.83. The van der Waals surface area contributed by atoms with Crippen LogP contribution in [-0.2, 0) is 14.6 Å². The van der Waals surface area contributed by atoms with Gasteiger partial charge in [-0.05, 0) is 39.9 Å². The number of hydrogen-bond donors (Lipinski definition) is 0. The highest BCUT2D eigenvalue weighted by Crippen LogP contribution is 2.08. The van der Waals surface area contributed by atoms with Gasteiger partial charge >= 0.3 is 0 Å². The highest BCUT2D eigenvalue weighted by molar-refractivity contribution is 7.94. The molecule has 0 aromatic carbocycles. The summed E-state index contributed by atoms with van der Waals surface area (Å²) in [6, 6.07) is 0. The van der Waals surface area contributed by atoms with E-state index in [9.17, 15) is 13.2 Å². The van der Waals surface area contributed by atoms with Crippen molar-refractivity contribution in [3.63, 3.8) is 0 Å². The lowest BCUT2D eigenvalue weighted by molar-refractivity contribution is -0.114. The Kier molecular flexibility index (Phi) is 8.59. The van der Waals surface area contributed by atoms with E-state index in [2.05, 4.69) is 0 Å². The van der Waals surface area contributed by atoms with Crippen molar-refractivity contribution in [3.8, 4) is 0 Å². The van der Waals surface area contributed by atoms with Gasteiger partial charge in [-0.15, -0.1) is 0 Å². The molecule has 0 N–H and O–H groups in total. The minimum atomic E-state index is -3.12. The monoisotopic (exact) mass is 287 g/mol. The number of allylic oxidation sites excluding steroid dienone is 2. The summed E-state index contributed by atoms with van der Waals surface area (Å²) in [6.45, 7) is 6.58. The summed E-state index contributed by atoms with van der Waals surface area (Å²) in [5.41, 5.74) is 0. The van der Waals surface area contributed by atoms with E-state index in [1.165, 1.54) is 5.41 Å². The Morgan fingerprint density at radius 3 is 2.53 bits per heavy atom. The van der Waals surface area contributed by atoms with Crippen molar-refractivity contribution < 1.29 is 13.2 Å². The fourth-order valence-corrected chi connectivity index (χ4v) is 2.55. The van der Waals surface area contributed by atoms with Gasteiger partial charge in [0.15, 0.2) is 15.6 Å². The fraction of sp³-hybridized carbons (Fsp3) is 0.643. The first-order valence-electron chi connectivity index (χ1n) is 6.58. The maximum Gasteiger partial charge on any atom is 0.173 e. The normalized spacial score (nSPS) is 14.6. The molecular weight excluding hydrogens is 262 g/mol. The average molecular weight is 287 g/mol. The second-order valence-electron chi connectivity index (χ2n) is 4.64. The summed E-state index contributed by atoms with van der Waals surface area (Å²) in [5, 5.41) is 0.879. The number of ketones is 1. The first-order valence-corrected chi connectivity index (χ1v) is 8.19. The van der Waals surface area contributed by atoms with Gasteiger partial charge in [0.2, 0.25) is 0 Å². The zero-order valence-corrected chi connectivity index (χ0v) is 13.1. The van der Waals surface area contributed by atoms with Crippen LogP contribution < -0.4 is 0 Å². The second-order valence-corrected chi connectivity index (χ2v) is 6.90. The highest BCUT2D eigenvalue weighted by Gasteiger charge is 2.17. The second kappa shape index (κ2) is 9.04. The Labute approximate surface area is 117 Å². The maximum atomic E-state index is 11.7. The van der Waals surface area contributed by atoms with Crippen molar-refractivity contribution >= 4 is 15.6 Å². The first kappa shape index (κ1) is 18.1. The largest absolute Gasteiger partial charge is 0.303 e. The van der Waals surface area contributed by atoms with Crippen molar-refractivity contribution in [1.82, 2.24) is 4.90 Å². The average Bonchev–Trinajstić information content (AvgIpc) is 2.35. The Hall–Kier alpha value is -0.940. The zero-order valence-electron chi connectivity index (χ0n) is 12.3. The lowest BCUT2D eigenvalue weighted by Gasteiger charge is -2.17. The van der Waals surface area contributed by atoms with Gasteiger partial charge in [0, 0.05) is 18.4 Å². The van der Waals surface area contributed by atoms with Crippen LogP contribution in [0.3, 0.4) is 0 Å². The molecule has 1 atom stereocenters. The molecule has 0 bridgehead atoms. The van der Waals surface area contributed by atoms with Gasteiger partial charge in [0.05, 0.1) is 5.25 Å². The number of likely N-dealkylation sites (N-methyl/N-ethyl adjacent to an activating group) is 1. The number of hydrogen-bond acceptors (Lipinski definition) is 4. The molecule has 0 radical (unpaired) electrons. The molecule has 110 valence electrons. The van der Waals surface area contributed by atoms with E-state index in [1.807, 2.05) is 24.9 Å². The van der Waals surface area contributed by atoms with E-state index in [1.54, 1.807) is 26.0 Å². The van der Waals surface area contributed by atoms with Gasteiger partial charge in [-0.25, -0.2) is 8.42 Å². The summed E-state index contributed by atoms with van der Waals surface area (Å²) in [6.07, 6.45) is 6.04. The van der Waals surface area contributed by atoms with E-state index in [0.717, 1.165) is 0 Å². The maximum absolute atomic E-state index is 11.7. The van der Waals surface area contributed by atoms with E-state index < -0.39 is 9.84 Å². The third-order valence-electron chi connectivity index (χ3n) is 2.87. The van der Waals surface area contributed by atoms with Gasteiger partial charge in [-0.3, -0.25) is 4.79 Å². The summed E-state index contributed by atoms with van der Waals surface area (Å²) >= 11 is 0. The number of carbonyl (C=O) groups excluding carboxylic acids is 1. The van der Waals surface area contributed by atoms with Crippen molar-refractivity contribution in [2.75, 3.05) is 20.1 Å². The molecule has 0 aliphatic heterocycles. The Bertz CT molecular complexity index is 424. The molecule has 0 aliphatic carbocycles. The summed E-state index contributed by atoms with van der Waals surface area (Å²) in [7, 11) is -1.21. The van der Waals surface area contributed by atoms with Gasteiger partial charge in [-0.2, -0.15) is 0 Å². The molecule has 4 nitrogen and oxygen atoms in total. The lowest BCUT2D eigenvalue weighted by atomic mass is 10.3. The fourth-order valence-electron chi connectivity index (χ4n) is 1.46. The molecule has 0 amide bonds. The molecule has 5 heteroatoms. The molecule has 0 aromatic rings. The van der Waals surface area contributed by atoms with E-state index >= 15 is 0 Å². The van der Waals surface area contributed by atoms with Gasteiger partial charge < -0.3 is 4.90 Å². The van der Waals surface area contributed by atoms with Crippen LogP contribution in [-0.4, -0.2) is 44.5 Å². The predicted molar refractivity (Wildman–Crippen MR) is 79.7 cm³/mol.